The van der Waals surface area contributed by atoms with Crippen molar-refractivity contribution in [3.05, 3.63) is 29.8 Å². The number of rotatable bonds is 2. The lowest BCUT2D eigenvalue weighted by Gasteiger charge is -2.39. The van der Waals surface area contributed by atoms with Crippen molar-refractivity contribution in [2.75, 3.05) is 11.4 Å². The Morgan fingerprint density at radius 3 is 2.75 bits per heavy atom. The number of nitrogens with one attached hydrogen (secondary N) is 1. The maximum Gasteiger partial charge on any atom is 0.328 e. The Kier molecular flexibility index (Phi) is 3.22. The molecule has 1 heterocycles. The molecule has 1 aromatic rings. The van der Waals surface area contributed by atoms with Gasteiger partial charge < -0.3 is 11.1 Å². The third-order valence-electron chi connectivity index (χ3n) is 4.41. The molecule has 1 spiro atoms. The van der Waals surface area contributed by atoms with E-state index in [1.165, 1.54) is 4.90 Å². The summed E-state index contributed by atoms with van der Waals surface area (Å²) in [6.07, 6.45) is 3.63. The van der Waals surface area contributed by atoms with E-state index in [2.05, 4.69) is 5.32 Å². The average molecular weight is 273 g/mol. The van der Waals surface area contributed by atoms with Crippen LogP contribution < -0.4 is 16.0 Å². The second-order valence-electron chi connectivity index (χ2n) is 5.79. The number of urea groups is 1. The van der Waals surface area contributed by atoms with E-state index in [9.17, 15) is 9.59 Å². The van der Waals surface area contributed by atoms with Crippen LogP contribution in [0.1, 0.15) is 31.2 Å². The predicted octanol–water partition coefficient (Wildman–Crippen LogP) is 1.76. The summed E-state index contributed by atoms with van der Waals surface area (Å²) in [5.41, 5.74) is 7.12. The summed E-state index contributed by atoms with van der Waals surface area (Å²) in [5.74, 6) is -0.117. The fourth-order valence-corrected chi connectivity index (χ4v) is 3.03. The molecule has 5 nitrogen and oxygen atoms in total. The smallest absolute Gasteiger partial charge is 0.328 e. The molecule has 2 aliphatic rings. The van der Waals surface area contributed by atoms with Gasteiger partial charge in [-0.2, -0.15) is 0 Å². The molecule has 106 valence electrons. The number of nitrogens with two attached hydrogens (primary N) is 1. The summed E-state index contributed by atoms with van der Waals surface area (Å²) in [5, 5.41) is 2.89. The van der Waals surface area contributed by atoms with E-state index in [-0.39, 0.29) is 17.4 Å². The minimum Gasteiger partial charge on any atom is -0.337 e. The number of carbonyl (C=O) groups is 2. The van der Waals surface area contributed by atoms with Gasteiger partial charge in [-0.1, -0.05) is 18.6 Å². The van der Waals surface area contributed by atoms with Crippen LogP contribution in [0.5, 0.6) is 0 Å². The van der Waals surface area contributed by atoms with Gasteiger partial charge >= 0.3 is 6.03 Å². The predicted molar refractivity (Wildman–Crippen MR) is 76.1 cm³/mol. The number of anilines is 1. The van der Waals surface area contributed by atoms with Crippen molar-refractivity contribution in [2.45, 2.75) is 32.2 Å². The van der Waals surface area contributed by atoms with Crippen molar-refractivity contribution in [3.63, 3.8) is 0 Å². The molecule has 20 heavy (non-hydrogen) atoms. The van der Waals surface area contributed by atoms with Gasteiger partial charge in [-0.3, -0.25) is 4.79 Å². The maximum absolute atomic E-state index is 12.5. The van der Waals surface area contributed by atoms with Gasteiger partial charge in [-0.05, 0) is 36.0 Å². The first-order valence-corrected chi connectivity index (χ1v) is 7.03. The van der Waals surface area contributed by atoms with Crippen molar-refractivity contribution in [1.29, 1.82) is 0 Å². The zero-order valence-corrected chi connectivity index (χ0v) is 11.4. The molecular weight excluding hydrogens is 254 g/mol. The Bertz CT molecular complexity index is 552. The molecule has 5 heteroatoms. The van der Waals surface area contributed by atoms with E-state index < -0.39 is 0 Å². The highest BCUT2D eigenvalue weighted by Crippen LogP contribution is 2.45. The number of nitrogens with zero attached hydrogens (tertiary/aromatic N) is 1. The van der Waals surface area contributed by atoms with E-state index in [0.29, 0.717) is 25.2 Å². The first-order chi connectivity index (χ1) is 9.63. The van der Waals surface area contributed by atoms with Crippen molar-refractivity contribution in [3.8, 4) is 0 Å². The van der Waals surface area contributed by atoms with Crippen molar-refractivity contribution in [2.24, 2.45) is 11.1 Å². The topological polar surface area (TPSA) is 75.4 Å². The normalized spacial score (nSPS) is 21.4. The van der Waals surface area contributed by atoms with Gasteiger partial charge in [0, 0.05) is 19.5 Å². The van der Waals surface area contributed by atoms with Gasteiger partial charge in [0.2, 0.25) is 5.91 Å². The zero-order chi connectivity index (χ0) is 14.2. The highest BCUT2D eigenvalue weighted by Gasteiger charge is 2.44. The summed E-state index contributed by atoms with van der Waals surface area (Å²) in [6, 6.07) is 6.96. The summed E-state index contributed by atoms with van der Waals surface area (Å²) in [4.78, 5) is 25.9. The highest BCUT2D eigenvalue weighted by atomic mass is 16.2. The van der Waals surface area contributed by atoms with Crippen LogP contribution in [0.2, 0.25) is 0 Å². The van der Waals surface area contributed by atoms with Crippen molar-refractivity contribution in [1.82, 2.24) is 5.32 Å². The van der Waals surface area contributed by atoms with Crippen molar-refractivity contribution < 1.29 is 9.59 Å². The van der Waals surface area contributed by atoms with E-state index in [0.717, 1.165) is 24.8 Å². The van der Waals surface area contributed by atoms with Crippen LogP contribution in [0.25, 0.3) is 0 Å². The second kappa shape index (κ2) is 4.90. The quantitative estimate of drug-likeness (QED) is 0.862. The number of carbonyl (C=O) groups excluding carboxylic acids is 2. The monoisotopic (exact) mass is 273 g/mol. The Morgan fingerprint density at radius 1 is 1.30 bits per heavy atom. The lowest BCUT2D eigenvalue weighted by molar-refractivity contribution is -0.120. The number of hydrogen-bond acceptors (Lipinski definition) is 3. The van der Waals surface area contributed by atoms with Crippen molar-refractivity contribution >= 4 is 17.6 Å². The minimum atomic E-state index is -0.326. The van der Waals surface area contributed by atoms with Crippen LogP contribution in [0, 0.1) is 5.41 Å². The van der Waals surface area contributed by atoms with Gasteiger partial charge in [0.1, 0.15) is 0 Å². The largest absolute Gasteiger partial charge is 0.337 e. The van der Waals surface area contributed by atoms with Gasteiger partial charge in [-0.15, -0.1) is 0 Å². The summed E-state index contributed by atoms with van der Waals surface area (Å²) in [6.45, 7) is 0.992. The molecule has 1 aromatic carbocycles. The molecule has 0 aromatic heterocycles. The van der Waals surface area contributed by atoms with Crippen LogP contribution in [0.15, 0.2) is 24.3 Å². The lowest BCUT2D eigenvalue weighted by atomic mass is 9.66. The van der Waals surface area contributed by atoms with Crippen LogP contribution in [-0.4, -0.2) is 18.5 Å². The number of hydrogen-bond donors (Lipinski definition) is 2. The molecule has 0 bridgehead atoms. The molecule has 3 N–H and O–H groups in total. The van der Waals surface area contributed by atoms with Crippen LogP contribution in [-0.2, 0) is 11.3 Å². The number of amides is 3. The summed E-state index contributed by atoms with van der Waals surface area (Å²) >= 11 is 0. The lowest BCUT2D eigenvalue weighted by Crippen LogP contribution is -2.42. The second-order valence-corrected chi connectivity index (χ2v) is 5.79. The summed E-state index contributed by atoms with van der Waals surface area (Å²) in [7, 11) is 0. The zero-order valence-electron chi connectivity index (χ0n) is 11.4. The molecule has 1 saturated heterocycles. The fourth-order valence-electron chi connectivity index (χ4n) is 3.03. The Morgan fingerprint density at radius 2 is 2.10 bits per heavy atom. The van der Waals surface area contributed by atoms with Crippen LogP contribution >= 0.6 is 0 Å². The third-order valence-corrected chi connectivity index (χ3v) is 4.41. The van der Waals surface area contributed by atoms with E-state index in [1.54, 1.807) is 12.1 Å². The Balaban J connectivity index is 1.90. The van der Waals surface area contributed by atoms with Gasteiger partial charge in [0.15, 0.2) is 0 Å². The first kappa shape index (κ1) is 13.1. The maximum atomic E-state index is 12.5. The van der Waals surface area contributed by atoms with Gasteiger partial charge in [-0.25, -0.2) is 9.69 Å². The molecular formula is C15H19N3O2. The molecule has 0 unspecified atom stereocenters. The molecule has 3 amide bonds. The molecule has 0 radical (unpaired) electrons. The average Bonchev–Trinajstić information content (AvgIpc) is 2.55. The van der Waals surface area contributed by atoms with Gasteiger partial charge in [0.05, 0.1) is 5.69 Å². The molecule has 1 aliphatic carbocycles. The molecule has 0 atom stereocenters. The first-order valence-electron chi connectivity index (χ1n) is 7.03. The van der Waals surface area contributed by atoms with E-state index >= 15 is 0 Å². The third kappa shape index (κ3) is 2.18. The Hall–Kier alpha value is -1.88. The highest BCUT2D eigenvalue weighted by molar-refractivity contribution is 6.15. The standard InChI is InChI=1S/C15H19N3O2/c16-9-11-3-1-4-12(7-11)18-13(19)8-15(5-2-6-15)10-17-14(18)20/h1,3-4,7H,2,5-6,8-10,16H2,(H,17,20). The number of imide groups is 1. The Labute approximate surface area is 118 Å². The molecule has 1 aliphatic heterocycles. The fraction of sp³-hybridized carbons (Fsp3) is 0.467. The number of benzene rings is 1. The SMILES string of the molecule is NCc1cccc(N2C(=O)CC3(CCC3)CNC2=O)c1. The minimum absolute atomic E-state index is 0.00697. The molecule has 2 fully saturated rings. The summed E-state index contributed by atoms with van der Waals surface area (Å²) < 4.78 is 0. The molecule has 3 rings (SSSR count). The van der Waals surface area contributed by atoms with E-state index in [4.69, 9.17) is 5.73 Å². The van der Waals surface area contributed by atoms with Gasteiger partial charge in [0.25, 0.3) is 0 Å². The van der Waals surface area contributed by atoms with Crippen LogP contribution in [0.3, 0.4) is 0 Å². The van der Waals surface area contributed by atoms with E-state index in [1.807, 2.05) is 12.1 Å². The molecule has 1 saturated carbocycles. The van der Waals surface area contributed by atoms with Crippen LogP contribution in [0.4, 0.5) is 10.5 Å².